The van der Waals surface area contributed by atoms with E-state index in [1.54, 1.807) is 7.11 Å². The van der Waals surface area contributed by atoms with E-state index in [9.17, 15) is 0 Å². The molecular formula is C18H29NO2. The zero-order valence-electron chi connectivity index (χ0n) is 13.8. The van der Waals surface area contributed by atoms with E-state index >= 15 is 0 Å². The number of hydrogen-bond donors (Lipinski definition) is 1. The van der Waals surface area contributed by atoms with Gasteiger partial charge in [-0.05, 0) is 54.9 Å². The molecule has 0 radical (unpaired) electrons. The van der Waals surface area contributed by atoms with Crippen LogP contribution in [0.25, 0.3) is 0 Å². The molecule has 1 fully saturated rings. The van der Waals surface area contributed by atoms with Crippen LogP contribution >= 0.6 is 0 Å². The third-order valence-corrected chi connectivity index (χ3v) is 4.48. The zero-order chi connectivity index (χ0) is 15.3. The molecule has 3 heteroatoms. The Morgan fingerprint density at radius 2 is 1.81 bits per heavy atom. The highest BCUT2D eigenvalue weighted by atomic mass is 16.5. The van der Waals surface area contributed by atoms with Crippen molar-refractivity contribution in [2.75, 3.05) is 20.3 Å². The van der Waals surface area contributed by atoms with Gasteiger partial charge in [0.2, 0.25) is 0 Å². The molecule has 1 N–H and O–H groups in total. The summed E-state index contributed by atoms with van der Waals surface area (Å²) in [6.07, 6.45) is 3.85. The highest BCUT2D eigenvalue weighted by molar-refractivity contribution is 5.31. The Labute approximate surface area is 129 Å². The summed E-state index contributed by atoms with van der Waals surface area (Å²) in [6.45, 7) is 8.68. The van der Waals surface area contributed by atoms with Crippen LogP contribution in [-0.2, 0) is 0 Å². The Kier molecular flexibility index (Phi) is 5.51. The predicted molar refractivity (Wildman–Crippen MR) is 87.1 cm³/mol. The summed E-state index contributed by atoms with van der Waals surface area (Å²) < 4.78 is 11.1. The molecule has 0 heterocycles. The predicted octanol–water partition coefficient (Wildman–Crippen LogP) is 3.88. The number of methoxy groups -OCH3 is 1. The van der Waals surface area contributed by atoms with Crippen molar-refractivity contribution in [2.45, 2.75) is 46.1 Å². The molecule has 1 saturated carbocycles. The lowest BCUT2D eigenvalue weighted by atomic mass is 9.81. The van der Waals surface area contributed by atoms with Crippen LogP contribution in [0, 0.1) is 11.3 Å². The first-order chi connectivity index (χ1) is 10.0. The van der Waals surface area contributed by atoms with Crippen molar-refractivity contribution < 1.29 is 9.47 Å². The molecule has 0 bridgehead atoms. The topological polar surface area (TPSA) is 30.5 Å². The fourth-order valence-corrected chi connectivity index (χ4v) is 2.73. The van der Waals surface area contributed by atoms with Crippen LogP contribution in [0.1, 0.15) is 40.0 Å². The summed E-state index contributed by atoms with van der Waals surface area (Å²) in [5.74, 6) is 2.65. The summed E-state index contributed by atoms with van der Waals surface area (Å²) in [7, 11) is 1.68. The molecule has 118 valence electrons. The van der Waals surface area contributed by atoms with Gasteiger partial charge in [-0.15, -0.1) is 0 Å². The molecule has 2 rings (SSSR count). The van der Waals surface area contributed by atoms with Gasteiger partial charge in [0.15, 0.2) is 0 Å². The van der Waals surface area contributed by atoms with Gasteiger partial charge in [-0.25, -0.2) is 0 Å². The minimum Gasteiger partial charge on any atom is -0.497 e. The van der Waals surface area contributed by atoms with E-state index < -0.39 is 0 Å². The van der Waals surface area contributed by atoms with Gasteiger partial charge in [0.25, 0.3) is 0 Å². The summed E-state index contributed by atoms with van der Waals surface area (Å²) in [4.78, 5) is 0. The lowest BCUT2D eigenvalue weighted by molar-refractivity contribution is 0.177. The molecule has 1 aliphatic carbocycles. The van der Waals surface area contributed by atoms with E-state index in [0.29, 0.717) is 11.5 Å². The summed E-state index contributed by atoms with van der Waals surface area (Å²) >= 11 is 0. The van der Waals surface area contributed by atoms with Crippen molar-refractivity contribution in [3.63, 3.8) is 0 Å². The number of benzene rings is 1. The molecule has 0 aliphatic heterocycles. The number of rotatable bonds is 9. The maximum Gasteiger partial charge on any atom is 0.119 e. The van der Waals surface area contributed by atoms with Gasteiger partial charge < -0.3 is 14.8 Å². The fraction of sp³-hybridized carbons (Fsp3) is 0.667. The molecule has 0 amide bonds. The monoisotopic (exact) mass is 291 g/mol. The quantitative estimate of drug-likeness (QED) is 0.749. The Balaban J connectivity index is 1.81. The standard InChI is InChI=1S/C18H29NO2/c1-14(2)19-13-18(3,15-5-6-15)11-12-21-17-9-7-16(20-4)8-10-17/h7-10,14-15,19H,5-6,11-13H2,1-4H3. The minimum atomic E-state index is 0.358. The van der Waals surface area contributed by atoms with E-state index in [0.717, 1.165) is 37.0 Å². The van der Waals surface area contributed by atoms with Crippen LogP contribution in [0.15, 0.2) is 24.3 Å². The first-order valence-electron chi connectivity index (χ1n) is 8.04. The normalized spacial score (nSPS) is 17.6. The Hall–Kier alpha value is -1.22. The first-order valence-corrected chi connectivity index (χ1v) is 8.04. The molecule has 21 heavy (non-hydrogen) atoms. The van der Waals surface area contributed by atoms with Gasteiger partial charge in [0, 0.05) is 12.6 Å². The molecular weight excluding hydrogens is 262 g/mol. The lowest BCUT2D eigenvalue weighted by Crippen LogP contribution is -2.38. The van der Waals surface area contributed by atoms with E-state index in [-0.39, 0.29) is 0 Å². The van der Waals surface area contributed by atoms with Crippen LogP contribution in [0.4, 0.5) is 0 Å². The molecule has 3 nitrogen and oxygen atoms in total. The van der Waals surface area contributed by atoms with Crippen LogP contribution < -0.4 is 14.8 Å². The van der Waals surface area contributed by atoms with Crippen LogP contribution in [0.2, 0.25) is 0 Å². The van der Waals surface area contributed by atoms with Crippen molar-refractivity contribution in [3.05, 3.63) is 24.3 Å². The van der Waals surface area contributed by atoms with Gasteiger partial charge in [-0.3, -0.25) is 0 Å². The molecule has 1 atom stereocenters. The van der Waals surface area contributed by atoms with Crippen molar-refractivity contribution in [3.8, 4) is 11.5 Å². The maximum absolute atomic E-state index is 5.90. The van der Waals surface area contributed by atoms with E-state index in [1.165, 1.54) is 12.8 Å². The molecule has 1 aromatic rings. The first kappa shape index (κ1) is 16.2. The molecule has 0 saturated heterocycles. The third kappa shape index (κ3) is 4.92. The number of nitrogens with one attached hydrogen (secondary N) is 1. The number of hydrogen-bond acceptors (Lipinski definition) is 3. The number of ether oxygens (including phenoxy) is 2. The largest absolute Gasteiger partial charge is 0.497 e. The highest BCUT2D eigenvalue weighted by Crippen LogP contribution is 2.47. The molecule has 1 aliphatic rings. The van der Waals surface area contributed by atoms with Gasteiger partial charge in [-0.2, -0.15) is 0 Å². The van der Waals surface area contributed by atoms with Crippen molar-refractivity contribution in [2.24, 2.45) is 11.3 Å². The zero-order valence-corrected chi connectivity index (χ0v) is 13.8. The van der Waals surface area contributed by atoms with E-state index in [4.69, 9.17) is 9.47 Å². The second-order valence-corrected chi connectivity index (χ2v) is 6.74. The van der Waals surface area contributed by atoms with E-state index in [2.05, 4.69) is 26.1 Å². The van der Waals surface area contributed by atoms with Crippen molar-refractivity contribution >= 4 is 0 Å². The summed E-state index contributed by atoms with van der Waals surface area (Å²) in [6, 6.07) is 8.37. The van der Waals surface area contributed by atoms with Crippen LogP contribution in [0.3, 0.4) is 0 Å². The Bertz CT molecular complexity index is 425. The average molecular weight is 291 g/mol. The minimum absolute atomic E-state index is 0.358. The van der Waals surface area contributed by atoms with E-state index in [1.807, 2.05) is 24.3 Å². The van der Waals surface area contributed by atoms with Crippen molar-refractivity contribution in [1.82, 2.24) is 5.32 Å². The van der Waals surface area contributed by atoms with Gasteiger partial charge in [0.1, 0.15) is 11.5 Å². The molecule has 0 aromatic heterocycles. The molecule has 0 spiro atoms. The van der Waals surface area contributed by atoms with Crippen LogP contribution in [-0.4, -0.2) is 26.3 Å². The van der Waals surface area contributed by atoms with Crippen molar-refractivity contribution in [1.29, 1.82) is 0 Å². The Morgan fingerprint density at radius 3 is 2.33 bits per heavy atom. The highest BCUT2D eigenvalue weighted by Gasteiger charge is 2.40. The smallest absolute Gasteiger partial charge is 0.119 e. The average Bonchev–Trinajstić information content (AvgIpc) is 3.31. The SMILES string of the molecule is COc1ccc(OCCC(C)(CNC(C)C)C2CC2)cc1. The summed E-state index contributed by atoms with van der Waals surface area (Å²) in [5.41, 5.74) is 0.358. The lowest BCUT2D eigenvalue weighted by Gasteiger charge is -2.31. The third-order valence-electron chi connectivity index (χ3n) is 4.48. The van der Waals surface area contributed by atoms with Gasteiger partial charge >= 0.3 is 0 Å². The molecule has 1 unspecified atom stereocenters. The Morgan fingerprint density at radius 1 is 1.19 bits per heavy atom. The molecule has 1 aromatic carbocycles. The summed E-state index contributed by atoms with van der Waals surface area (Å²) in [5, 5.41) is 3.60. The van der Waals surface area contributed by atoms with Crippen LogP contribution in [0.5, 0.6) is 11.5 Å². The second-order valence-electron chi connectivity index (χ2n) is 6.74. The van der Waals surface area contributed by atoms with Gasteiger partial charge in [-0.1, -0.05) is 20.8 Å². The fourth-order valence-electron chi connectivity index (χ4n) is 2.73. The maximum atomic E-state index is 5.90. The van der Waals surface area contributed by atoms with Gasteiger partial charge in [0.05, 0.1) is 13.7 Å². The second kappa shape index (κ2) is 7.17.